The Morgan fingerprint density at radius 3 is 3.12 bits per heavy atom. The maximum absolute atomic E-state index is 5.36. The van der Waals surface area contributed by atoms with Gasteiger partial charge in [-0.25, -0.2) is 10.8 Å². The third-order valence-electron chi connectivity index (χ3n) is 2.03. The summed E-state index contributed by atoms with van der Waals surface area (Å²) in [5, 5.41) is 6.25. The van der Waals surface area contributed by atoms with Crippen molar-refractivity contribution in [2.45, 2.75) is 26.2 Å². The molecular formula is C10H19N5S. The van der Waals surface area contributed by atoms with Crippen molar-refractivity contribution in [1.29, 1.82) is 0 Å². The standard InChI is InChI=1S/C10H19N5S/c1-2-3-5-13-10(15-11)14-6-4-9-12-7-8-16-9/h7-8H,2-6,11H2,1H3,(H2,13,14,15). The lowest BCUT2D eigenvalue weighted by Gasteiger charge is -2.07. The van der Waals surface area contributed by atoms with Crippen molar-refractivity contribution >= 4 is 17.3 Å². The average molecular weight is 241 g/mol. The summed E-state index contributed by atoms with van der Waals surface area (Å²) >= 11 is 1.66. The van der Waals surface area contributed by atoms with Crippen LogP contribution in [-0.4, -0.2) is 24.0 Å². The molecule has 0 aliphatic heterocycles. The van der Waals surface area contributed by atoms with Crippen molar-refractivity contribution in [3.63, 3.8) is 0 Å². The molecule has 1 aromatic heterocycles. The highest BCUT2D eigenvalue weighted by atomic mass is 32.1. The van der Waals surface area contributed by atoms with Gasteiger partial charge < -0.3 is 5.32 Å². The number of nitrogens with one attached hydrogen (secondary N) is 2. The first-order valence-corrected chi connectivity index (χ1v) is 6.38. The van der Waals surface area contributed by atoms with Crippen LogP contribution in [-0.2, 0) is 6.42 Å². The Bertz CT molecular complexity index is 296. The van der Waals surface area contributed by atoms with Crippen molar-refractivity contribution in [3.8, 4) is 0 Å². The number of thiazole rings is 1. The largest absolute Gasteiger partial charge is 0.355 e. The predicted molar refractivity (Wildman–Crippen MR) is 68.4 cm³/mol. The smallest absolute Gasteiger partial charge is 0.205 e. The quantitative estimate of drug-likeness (QED) is 0.227. The molecule has 1 heterocycles. The van der Waals surface area contributed by atoms with Gasteiger partial charge in [-0.2, -0.15) is 0 Å². The Morgan fingerprint density at radius 1 is 1.62 bits per heavy atom. The summed E-state index contributed by atoms with van der Waals surface area (Å²) in [4.78, 5) is 8.50. The summed E-state index contributed by atoms with van der Waals surface area (Å²) in [6.07, 6.45) is 4.93. The molecule has 0 fully saturated rings. The van der Waals surface area contributed by atoms with Crippen LogP contribution in [0.25, 0.3) is 0 Å². The highest BCUT2D eigenvalue weighted by molar-refractivity contribution is 7.09. The molecule has 0 saturated carbocycles. The summed E-state index contributed by atoms with van der Waals surface area (Å²) in [6, 6.07) is 0. The average Bonchev–Trinajstić information content (AvgIpc) is 2.80. The van der Waals surface area contributed by atoms with Gasteiger partial charge in [-0.05, 0) is 6.42 Å². The van der Waals surface area contributed by atoms with E-state index in [9.17, 15) is 0 Å². The number of aromatic nitrogens is 1. The number of nitrogens with zero attached hydrogens (tertiary/aromatic N) is 2. The molecule has 0 aliphatic carbocycles. The van der Waals surface area contributed by atoms with Gasteiger partial charge in [-0.3, -0.25) is 10.4 Å². The number of hydrazine groups is 1. The summed E-state index contributed by atoms with van der Waals surface area (Å²) in [5.41, 5.74) is 2.56. The highest BCUT2D eigenvalue weighted by Crippen LogP contribution is 2.03. The number of guanidine groups is 1. The zero-order valence-corrected chi connectivity index (χ0v) is 10.4. The Morgan fingerprint density at radius 2 is 2.50 bits per heavy atom. The molecule has 0 amide bonds. The minimum absolute atomic E-state index is 0.657. The van der Waals surface area contributed by atoms with E-state index in [0.29, 0.717) is 5.96 Å². The monoisotopic (exact) mass is 241 g/mol. The predicted octanol–water partition coefficient (Wildman–Crippen LogP) is 0.895. The minimum Gasteiger partial charge on any atom is -0.355 e. The second-order valence-corrected chi connectivity index (χ2v) is 4.31. The van der Waals surface area contributed by atoms with Gasteiger partial charge in [0.25, 0.3) is 0 Å². The minimum atomic E-state index is 0.657. The zero-order chi connectivity index (χ0) is 11.6. The van der Waals surface area contributed by atoms with Crippen LogP contribution < -0.4 is 16.6 Å². The molecule has 0 unspecified atom stereocenters. The summed E-state index contributed by atoms with van der Waals surface area (Å²) < 4.78 is 0. The molecule has 0 saturated heterocycles. The molecule has 0 spiro atoms. The van der Waals surface area contributed by atoms with Gasteiger partial charge >= 0.3 is 0 Å². The number of hydrogen-bond acceptors (Lipinski definition) is 4. The highest BCUT2D eigenvalue weighted by Gasteiger charge is 1.97. The van der Waals surface area contributed by atoms with Gasteiger partial charge in [0.2, 0.25) is 5.96 Å². The van der Waals surface area contributed by atoms with E-state index in [0.717, 1.165) is 37.4 Å². The van der Waals surface area contributed by atoms with Crippen LogP contribution in [0.2, 0.25) is 0 Å². The van der Waals surface area contributed by atoms with Crippen LogP contribution in [0.4, 0.5) is 0 Å². The van der Waals surface area contributed by atoms with E-state index < -0.39 is 0 Å². The molecule has 4 N–H and O–H groups in total. The fourth-order valence-corrected chi connectivity index (χ4v) is 1.79. The lowest BCUT2D eigenvalue weighted by atomic mass is 10.3. The van der Waals surface area contributed by atoms with E-state index in [-0.39, 0.29) is 0 Å². The van der Waals surface area contributed by atoms with E-state index in [1.807, 2.05) is 11.6 Å². The maximum atomic E-state index is 5.36. The summed E-state index contributed by atoms with van der Waals surface area (Å²) in [5.74, 6) is 6.02. The van der Waals surface area contributed by atoms with Crippen molar-refractivity contribution in [3.05, 3.63) is 16.6 Å². The third-order valence-corrected chi connectivity index (χ3v) is 2.87. The molecule has 16 heavy (non-hydrogen) atoms. The normalized spacial score (nSPS) is 11.5. The Labute approximate surface area is 100 Å². The van der Waals surface area contributed by atoms with Gasteiger partial charge in [0.05, 0.1) is 5.01 Å². The topological polar surface area (TPSA) is 75.3 Å². The first kappa shape index (κ1) is 12.9. The third kappa shape index (κ3) is 5.09. The summed E-state index contributed by atoms with van der Waals surface area (Å²) in [7, 11) is 0. The van der Waals surface area contributed by atoms with Crippen LogP contribution in [0.15, 0.2) is 16.6 Å². The maximum Gasteiger partial charge on any atom is 0.205 e. The van der Waals surface area contributed by atoms with Crippen LogP contribution in [0.1, 0.15) is 24.8 Å². The molecule has 0 aliphatic rings. The molecule has 6 heteroatoms. The Hall–Kier alpha value is -1.14. The number of unbranched alkanes of at least 4 members (excludes halogenated alkanes) is 1. The fraction of sp³-hybridized carbons (Fsp3) is 0.600. The van der Waals surface area contributed by atoms with E-state index in [1.165, 1.54) is 0 Å². The van der Waals surface area contributed by atoms with Gasteiger partial charge in [0.15, 0.2) is 0 Å². The van der Waals surface area contributed by atoms with Gasteiger partial charge in [-0.1, -0.05) is 13.3 Å². The van der Waals surface area contributed by atoms with Crippen molar-refractivity contribution < 1.29 is 0 Å². The molecule has 0 aromatic carbocycles. The van der Waals surface area contributed by atoms with E-state index in [2.05, 4.69) is 27.6 Å². The lowest BCUT2D eigenvalue weighted by molar-refractivity contribution is 0.769. The number of hydrogen-bond donors (Lipinski definition) is 3. The Kier molecular flexibility index (Phi) is 6.52. The van der Waals surface area contributed by atoms with Crippen LogP contribution in [0.5, 0.6) is 0 Å². The number of aliphatic imine (C=N–C) groups is 1. The second kappa shape index (κ2) is 8.06. The first-order valence-electron chi connectivity index (χ1n) is 5.50. The van der Waals surface area contributed by atoms with E-state index >= 15 is 0 Å². The first-order chi connectivity index (χ1) is 7.86. The lowest BCUT2D eigenvalue weighted by Crippen LogP contribution is -2.42. The molecule has 1 rings (SSSR count). The van der Waals surface area contributed by atoms with Crippen LogP contribution >= 0.6 is 11.3 Å². The van der Waals surface area contributed by atoms with Gasteiger partial charge in [0, 0.05) is 31.1 Å². The molecule has 0 bridgehead atoms. The molecule has 1 aromatic rings. The van der Waals surface area contributed by atoms with Crippen LogP contribution in [0, 0.1) is 0 Å². The van der Waals surface area contributed by atoms with E-state index in [1.54, 1.807) is 11.3 Å². The molecule has 90 valence electrons. The molecule has 0 atom stereocenters. The van der Waals surface area contributed by atoms with Crippen molar-refractivity contribution in [2.24, 2.45) is 10.8 Å². The van der Waals surface area contributed by atoms with Crippen molar-refractivity contribution in [2.75, 3.05) is 13.1 Å². The Balaban J connectivity index is 2.20. The number of nitrogens with two attached hydrogens (primary N) is 1. The van der Waals surface area contributed by atoms with Gasteiger partial charge in [-0.15, -0.1) is 11.3 Å². The SMILES string of the molecule is CCCCN=C(NN)NCCc1nccs1. The zero-order valence-electron chi connectivity index (χ0n) is 9.57. The van der Waals surface area contributed by atoms with Gasteiger partial charge in [0.1, 0.15) is 0 Å². The molecule has 0 radical (unpaired) electrons. The fourth-order valence-electron chi connectivity index (χ4n) is 1.17. The van der Waals surface area contributed by atoms with E-state index in [4.69, 9.17) is 5.84 Å². The number of rotatable bonds is 6. The van der Waals surface area contributed by atoms with Crippen LogP contribution in [0.3, 0.4) is 0 Å². The van der Waals surface area contributed by atoms with Crippen molar-refractivity contribution in [1.82, 2.24) is 15.7 Å². The second-order valence-electron chi connectivity index (χ2n) is 3.33. The summed E-state index contributed by atoms with van der Waals surface area (Å²) in [6.45, 7) is 3.74. The molecular weight excluding hydrogens is 222 g/mol. The molecule has 5 nitrogen and oxygen atoms in total.